The van der Waals surface area contributed by atoms with Gasteiger partial charge >= 0.3 is 0 Å². The molecule has 1 aliphatic rings. The second-order valence-electron chi connectivity index (χ2n) is 5.22. The van der Waals surface area contributed by atoms with Gasteiger partial charge in [-0.05, 0) is 11.5 Å². The largest absolute Gasteiger partial charge is 0.297 e. The lowest BCUT2D eigenvalue weighted by atomic mass is 10.1. The highest BCUT2D eigenvalue weighted by Gasteiger charge is 2.19. The van der Waals surface area contributed by atoms with E-state index in [0.717, 1.165) is 32.7 Å². The molecule has 1 aromatic rings. The normalized spacial score (nSPS) is 22.3. The molecule has 1 fully saturated rings. The average Bonchev–Trinajstić information content (AvgIpc) is 2.53. The van der Waals surface area contributed by atoms with Crippen molar-refractivity contribution in [1.29, 1.82) is 5.26 Å². The molecule has 1 saturated heterocycles. The van der Waals surface area contributed by atoms with Gasteiger partial charge < -0.3 is 0 Å². The summed E-state index contributed by atoms with van der Waals surface area (Å²) in [5.41, 5.74) is 1.37. The summed E-state index contributed by atoms with van der Waals surface area (Å²) in [4.78, 5) is 4.76. The van der Waals surface area contributed by atoms with Crippen molar-refractivity contribution >= 4 is 0 Å². The fourth-order valence-electron chi connectivity index (χ4n) is 2.63. The van der Waals surface area contributed by atoms with Crippen molar-refractivity contribution in [2.24, 2.45) is 5.92 Å². The van der Waals surface area contributed by atoms with Gasteiger partial charge in [-0.3, -0.25) is 9.80 Å². The highest BCUT2D eigenvalue weighted by molar-refractivity contribution is 5.14. The summed E-state index contributed by atoms with van der Waals surface area (Å²) in [6.07, 6.45) is 0. The molecular weight excluding hydrogens is 222 g/mol. The van der Waals surface area contributed by atoms with E-state index in [0.29, 0.717) is 12.5 Å². The van der Waals surface area contributed by atoms with Crippen molar-refractivity contribution < 1.29 is 0 Å². The molecule has 1 heterocycles. The highest BCUT2D eigenvalue weighted by atomic mass is 15.2. The van der Waals surface area contributed by atoms with Crippen molar-refractivity contribution in [3.05, 3.63) is 35.9 Å². The van der Waals surface area contributed by atoms with Crippen LogP contribution >= 0.6 is 0 Å². The Bertz CT molecular complexity index is 396. The first-order valence-corrected chi connectivity index (χ1v) is 6.63. The van der Waals surface area contributed by atoms with Crippen LogP contribution in [0.5, 0.6) is 0 Å². The Kier molecular flexibility index (Phi) is 4.74. The Morgan fingerprint density at radius 2 is 1.83 bits per heavy atom. The number of rotatable bonds is 3. The number of nitrogens with zero attached hydrogens (tertiary/aromatic N) is 3. The van der Waals surface area contributed by atoms with Gasteiger partial charge in [-0.1, -0.05) is 37.3 Å². The van der Waals surface area contributed by atoms with Crippen LogP contribution in [0.25, 0.3) is 0 Å². The second-order valence-corrected chi connectivity index (χ2v) is 5.22. The van der Waals surface area contributed by atoms with Gasteiger partial charge in [0.05, 0.1) is 12.6 Å². The lowest BCUT2D eigenvalue weighted by Gasteiger charge is -2.21. The fraction of sp³-hybridized carbons (Fsp3) is 0.533. The van der Waals surface area contributed by atoms with Crippen molar-refractivity contribution in [1.82, 2.24) is 9.80 Å². The van der Waals surface area contributed by atoms with Crippen LogP contribution in [0.2, 0.25) is 0 Å². The van der Waals surface area contributed by atoms with Crippen molar-refractivity contribution in [2.45, 2.75) is 13.5 Å². The molecular formula is C15H21N3. The Morgan fingerprint density at radius 1 is 1.17 bits per heavy atom. The van der Waals surface area contributed by atoms with E-state index in [1.165, 1.54) is 5.56 Å². The van der Waals surface area contributed by atoms with E-state index >= 15 is 0 Å². The molecule has 0 amide bonds. The Morgan fingerprint density at radius 3 is 2.56 bits per heavy atom. The molecule has 0 bridgehead atoms. The topological polar surface area (TPSA) is 30.3 Å². The van der Waals surface area contributed by atoms with E-state index < -0.39 is 0 Å². The third kappa shape index (κ3) is 3.83. The third-order valence-corrected chi connectivity index (χ3v) is 3.42. The van der Waals surface area contributed by atoms with Crippen LogP contribution in [0.4, 0.5) is 0 Å². The van der Waals surface area contributed by atoms with Crippen molar-refractivity contribution in [3.8, 4) is 6.07 Å². The summed E-state index contributed by atoms with van der Waals surface area (Å²) < 4.78 is 0. The summed E-state index contributed by atoms with van der Waals surface area (Å²) in [6.45, 7) is 8.07. The van der Waals surface area contributed by atoms with Crippen LogP contribution in [0.3, 0.4) is 0 Å². The van der Waals surface area contributed by atoms with Crippen molar-refractivity contribution in [3.63, 3.8) is 0 Å². The quantitative estimate of drug-likeness (QED) is 0.760. The predicted molar refractivity (Wildman–Crippen MR) is 72.9 cm³/mol. The van der Waals surface area contributed by atoms with Crippen LogP contribution in [0, 0.1) is 17.2 Å². The molecule has 1 atom stereocenters. The van der Waals surface area contributed by atoms with Gasteiger partial charge in [0, 0.05) is 32.7 Å². The smallest absolute Gasteiger partial charge is 0.0866 e. The highest BCUT2D eigenvalue weighted by Crippen LogP contribution is 2.12. The van der Waals surface area contributed by atoms with E-state index in [2.05, 4.69) is 53.1 Å². The Hall–Kier alpha value is -1.37. The Balaban J connectivity index is 1.92. The molecule has 0 aliphatic carbocycles. The number of hydrogen-bond acceptors (Lipinski definition) is 3. The van der Waals surface area contributed by atoms with Crippen LogP contribution in [-0.4, -0.2) is 42.5 Å². The van der Waals surface area contributed by atoms with E-state index in [-0.39, 0.29) is 0 Å². The lowest BCUT2D eigenvalue weighted by Crippen LogP contribution is -2.30. The van der Waals surface area contributed by atoms with Gasteiger partial charge in [-0.25, -0.2) is 0 Å². The molecule has 3 nitrogen and oxygen atoms in total. The van der Waals surface area contributed by atoms with E-state index in [9.17, 15) is 0 Å². The SMILES string of the molecule is CC1CN(CC#N)CCN(Cc2ccccc2)C1. The predicted octanol–water partition coefficient (Wildman–Crippen LogP) is 1.96. The summed E-state index contributed by atoms with van der Waals surface area (Å²) in [5, 5.41) is 8.79. The molecule has 1 aliphatic heterocycles. The fourth-order valence-corrected chi connectivity index (χ4v) is 2.63. The van der Waals surface area contributed by atoms with Gasteiger partial charge in [0.2, 0.25) is 0 Å². The molecule has 96 valence electrons. The van der Waals surface area contributed by atoms with Crippen LogP contribution in [0.1, 0.15) is 12.5 Å². The molecule has 0 radical (unpaired) electrons. The minimum Gasteiger partial charge on any atom is -0.297 e. The summed E-state index contributed by atoms with van der Waals surface area (Å²) in [5.74, 6) is 0.629. The number of nitriles is 1. The molecule has 1 aromatic carbocycles. The maximum atomic E-state index is 8.79. The minimum absolute atomic E-state index is 0.559. The molecule has 0 aromatic heterocycles. The minimum atomic E-state index is 0.559. The van der Waals surface area contributed by atoms with Gasteiger partial charge in [0.25, 0.3) is 0 Å². The molecule has 0 N–H and O–H groups in total. The average molecular weight is 243 g/mol. The third-order valence-electron chi connectivity index (χ3n) is 3.42. The zero-order valence-electron chi connectivity index (χ0n) is 11.0. The first-order chi connectivity index (χ1) is 8.78. The van der Waals surface area contributed by atoms with Gasteiger partial charge in [-0.15, -0.1) is 0 Å². The first-order valence-electron chi connectivity index (χ1n) is 6.63. The molecule has 1 unspecified atom stereocenters. The second kappa shape index (κ2) is 6.53. The summed E-state index contributed by atoms with van der Waals surface area (Å²) in [7, 11) is 0. The van der Waals surface area contributed by atoms with E-state index in [1.807, 2.05) is 0 Å². The molecule has 18 heavy (non-hydrogen) atoms. The van der Waals surface area contributed by atoms with Gasteiger partial charge in [-0.2, -0.15) is 5.26 Å². The van der Waals surface area contributed by atoms with Gasteiger partial charge in [0.15, 0.2) is 0 Å². The molecule has 2 rings (SSSR count). The maximum Gasteiger partial charge on any atom is 0.0866 e. The maximum absolute atomic E-state index is 8.79. The standard InChI is InChI=1S/C15H21N3/c1-14-11-17(8-7-16)9-10-18(12-14)13-15-5-3-2-4-6-15/h2-6,14H,8-13H2,1H3. The van der Waals surface area contributed by atoms with E-state index in [4.69, 9.17) is 5.26 Å². The molecule has 0 spiro atoms. The zero-order chi connectivity index (χ0) is 12.8. The summed E-state index contributed by atoms with van der Waals surface area (Å²) in [6, 6.07) is 12.9. The van der Waals surface area contributed by atoms with Gasteiger partial charge in [0.1, 0.15) is 0 Å². The van der Waals surface area contributed by atoms with Crippen LogP contribution < -0.4 is 0 Å². The number of hydrogen-bond donors (Lipinski definition) is 0. The number of benzene rings is 1. The van der Waals surface area contributed by atoms with Crippen LogP contribution in [-0.2, 0) is 6.54 Å². The summed E-state index contributed by atoms with van der Waals surface area (Å²) >= 11 is 0. The first kappa shape index (κ1) is 13.1. The lowest BCUT2D eigenvalue weighted by molar-refractivity contribution is 0.255. The monoisotopic (exact) mass is 243 g/mol. The van der Waals surface area contributed by atoms with E-state index in [1.54, 1.807) is 0 Å². The molecule has 3 heteroatoms. The Labute approximate surface area is 110 Å². The zero-order valence-corrected chi connectivity index (χ0v) is 11.0. The molecule has 0 saturated carbocycles. The van der Waals surface area contributed by atoms with Crippen molar-refractivity contribution in [2.75, 3.05) is 32.7 Å². The van der Waals surface area contributed by atoms with Crippen LogP contribution in [0.15, 0.2) is 30.3 Å².